The molecule has 0 bridgehead atoms. The van der Waals surface area contributed by atoms with E-state index in [4.69, 9.17) is 0 Å². The van der Waals surface area contributed by atoms with Crippen molar-refractivity contribution in [2.45, 2.75) is 46.6 Å². The SMILES string of the molecule is CN(Cc1cc(Br)cs1)CC1CC(C(C)(C)C)CCC1=O. The van der Waals surface area contributed by atoms with E-state index in [-0.39, 0.29) is 5.92 Å². The molecule has 0 N–H and O–H groups in total. The van der Waals surface area contributed by atoms with E-state index in [0.29, 0.717) is 17.1 Å². The maximum absolute atomic E-state index is 12.2. The summed E-state index contributed by atoms with van der Waals surface area (Å²) >= 11 is 5.27. The minimum absolute atomic E-state index is 0.219. The Bertz CT molecular complexity index is 491. The van der Waals surface area contributed by atoms with Crippen LogP contribution in [0.4, 0.5) is 0 Å². The van der Waals surface area contributed by atoms with Crippen molar-refractivity contribution >= 4 is 33.0 Å². The minimum Gasteiger partial charge on any atom is -0.301 e. The first-order valence-electron chi connectivity index (χ1n) is 7.70. The highest BCUT2D eigenvalue weighted by atomic mass is 79.9. The second-order valence-electron chi connectivity index (χ2n) is 7.43. The van der Waals surface area contributed by atoms with Crippen LogP contribution in [0.5, 0.6) is 0 Å². The number of thiophene rings is 1. The van der Waals surface area contributed by atoms with Crippen LogP contribution in [0.2, 0.25) is 0 Å². The van der Waals surface area contributed by atoms with Crippen LogP contribution in [0.15, 0.2) is 15.9 Å². The van der Waals surface area contributed by atoms with Crippen LogP contribution in [0.25, 0.3) is 0 Å². The van der Waals surface area contributed by atoms with Crippen molar-refractivity contribution < 1.29 is 4.79 Å². The molecule has 0 saturated heterocycles. The molecule has 4 heteroatoms. The van der Waals surface area contributed by atoms with E-state index in [1.807, 2.05) is 0 Å². The number of hydrogen-bond acceptors (Lipinski definition) is 3. The lowest BCUT2D eigenvalue weighted by molar-refractivity contribution is -0.127. The highest BCUT2D eigenvalue weighted by molar-refractivity contribution is 9.10. The van der Waals surface area contributed by atoms with Crippen LogP contribution in [-0.4, -0.2) is 24.3 Å². The first kappa shape index (κ1) is 17.2. The molecule has 1 saturated carbocycles. The summed E-state index contributed by atoms with van der Waals surface area (Å²) in [5, 5.41) is 2.12. The lowest BCUT2D eigenvalue weighted by Crippen LogP contribution is -2.37. The molecule has 0 amide bonds. The molecule has 1 aromatic heterocycles. The van der Waals surface area contributed by atoms with Crippen molar-refractivity contribution in [3.63, 3.8) is 0 Å². The second-order valence-corrected chi connectivity index (χ2v) is 9.34. The Labute approximate surface area is 141 Å². The van der Waals surface area contributed by atoms with E-state index in [0.717, 1.165) is 36.8 Å². The van der Waals surface area contributed by atoms with Crippen LogP contribution in [0, 0.1) is 17.3 Å². The average molecular weight is 372 g/mol. The van der Waals surface area contributed by atoms with Crippen LogP contribution in [-0.2, 0) is 11.3 Å². The number of carbonyl (C=O) groups is 1. The maximum atomic E-state index is 12.2. The molecule has 2 rings (SSSR count). The van der Waals surface area contributed by atoms with E-state index in [9.17, 15) is 4.79 Å². The van der Waals surface area contributed by atoms with Gasteiger partial charge in [-0.1, -0.05) is 20.8 Å². The van der Waals surface area contributed by atoms with Gasteiger partial charge in [0.2, 0.25) is 0 Å². The van der Waals surface area contributed by atoms with Crippen molar-refractivity contribution in [1.29, 1.82) is 0 Å². The predicted molar refractivity (Wildman–Crippen MR) is 93.6 cm³/mol. The summed E-state index contributed by atoms with van der Waals surface area (Å²) in [7, 11) is 2.13. The van der Waals surface area contributed by atoms with Gasteiger partial charge in [0.05, 0.1) is 0 Å². The van der Waals surface area contributed by atoms with E-state index >= 15 is 0 Å². The molecule has 0 aromatic carbocycles. The van der Waals surface area contributed by atoms with Crippen molar-refractivity contribution in [1.82, 2.24) is 4.90 Å². The first-order valence-corrected chi connectivity index (χ1v) is 9.37. The Morgan fingerprint density at radius 3 is 2.71 bits per heavy atom. The van der Waals surface area contributed by atoms with Gasteiger partial charge in [-0.15, -0.1) is 11.3 Å². The number of Topliss-reactive ketones (excluding diaryl/α,β-unsaturated/α-hetero) is 1. The quantitative estimate of drug-likeness (QED) is 0.743. The summed E-state index contributed by atoms with van der Waals surface area (Å²) in [5.74, 6) is 1.36. The number of rotatable bonds is 4. The van der Waals surface area contributed by atoms with Crippen LogP contribution in [0.1, 0.15) is 44.9 Å². The summed E-state index contributed by atoms with van der Waals surface area (Å²) < 4.78 is 1.15. The summed E-state index contributed by atoms with van der Waals surface area (Å²) in [6, 6.07) is 2.17. The summed E-state index contributed by atoms with van der Waals surface area (Å²) in [4.78, 5) is 15.9. The van der Waals surface area contributed by atoms with Gasteiger partial charge >= 0.3 is 0 Å². The zero-order chi connectivity index (χ0) is 15.6. The number of hydrogen-bond donors (Lipinski definition) is 0. The molecular formula is C17H26BrNOS. The third kappa shape index (κ3) is 4.90. The molecule has 21 heavy (non-hydrogen) atoms. The normalized spacial score (nSPS) is 23.8. The second kappa shape index (κ2) is 6.93. The average Bonchev–Trinajstić information content (AvgIpc) is 2.76. The van der Waals surface area contributed by atoms with E-state index < -0.39 is 0 Å². The van der Waals surface area contributed by atoms with Gasteiger partial charge in [0, 0.05) is 40.2 Å². The molecule has 0 radical (unpaired) electrons. The first-order chi connectivity index (χ1) is 9.75. The third-order valence-electron chi connectivity index (χ3n) is 4.57. The fourth-order valence-electron chi connectivity index (χ4n) is 3.22. The molecule has 0 aliphatic heterocycles. The number of carbonyl (C=O) groups excluding carboxylic acids is 1. The highest BCUT2D eigenvalue weighted by Crippen LogP contribution is 2.39. The van der Waals surface area contributed by atoms with Crippen molar-refractivity contribution in [2.75, 3.05) is 13.6 Å². The Morgan fingerprint density at radius 2 is 2.14 bits per heavy atom. The summed E-state index contributed by atoms with van der Waals surface area (Å²) in [6.45, 7) is 8.73. The van der Waals surface area contributed by atoms with Crippen LogP contribution in [0.3, 0.4) is 0 Å². The zero-order valence-electron chi connectivity index (χ0n) is 13.5. The highest BCUT2D eigenvalue weighted by Gasteiger charge is 2.35. The predicted octanol–water partition coefficient (Wildman–Crippen LogP) is 4.97. The largest absolute Gasteiger partial charge is 0.301 e. The van der Waals surface area contributed by atoms with Crippen molar-refractivity contribution in [3.8, 4) is 0 Å². The van der Waals surface area contributed by atoms with Gasteiger partial charge in [-0.25, -0.2) is 0 Å². The minimum atomic E-state index is 0.219. The fourth-order valence-corrected chi connectivity index (χ4v) is 4.75. The van der Waals surface area contributed by atoms with E-state index in [2.05, 4.69) is 60.1 Å². The van der Waals surface area contributed by atoms with E-state index in [1.165, 1.54) is 4.88 Å². The fraction of sp³-hybridized carbons (Fsp3) is 0.706. The van der Waals surface area contributed by atoms with Gasteiger partial charge in [-0.05, 0) is 53.2 Å². The Balaban J connectivity index is 1.92. The molecular weight excluding hydrogens is 346 g/mol. The van der Waals surface area contributed by atoms with Crippen molar-refractivity contribution in [2.24, 2.45) is 17.3 Å². The topological polar surface area (TPSA) is 20.3 Å². The molecule has 1 aliphatic carbocycles. The zero-order valence-corrected chi connectivity index (χ0v) is 15.9. The number of halogens is 1. The summed E-state index contributed by atoms with van der Waals surface area (Å²) in [6.07, 6.45) is 2.90. The molecule has 1 aliphatic rings. The van der Waals surface area contributed by atoms with Gasteiger partial charge in [0.15, 0.2) is 0 Å². The molecule has 1 heterocycles. The molecule has 1 aromatic rings. The Morgan fingerprint density at radius 1 is 1.43 bits per heavy atom. The summed E-state index contributed by atoms with van der Waals surface area (Å²) in [5.41, 5.74) is 0.316. The van der Waals surface area contributed by atoms with Gasteiger partial charge in [-0.3, -0.25) is 4.79 Å². The van der Waals surface area contributed by atoms with Crippen molar-refractivity contribution in [3.05, 3.63) is 20.8 Å². The van der Waals surface area contributed by atoms with E-state index in [1.54, 1.807) is 11.3 Å². The Kier molecular flexibility index (Phi) is 5.66. The molecule has 2 unspecified atom stereocenters. The monoisotopic (exact) mass is 371 g/mol. The molecule has 2 atom stereocenters. The molecule has 118 valence electrons. The van der Waals surface area contributed by atoms with Crippen LogP contribution >= 0.6 is 27.3 Å². The Hall–Kier alpha value is -0.190. The number of nitrogens with zero attached hydrogens (tertiary/aromatic N) is 1. The molecule has 1 fully saturated rings. The van der Waals surface area contributed by atoms with Gasteiger partial charge in [0.1, 0.15) is 5.78 Å². The van der Waals surface area contributed by atoms with Crippen LogP contribution < -0.4 is 0 Å². The third-order valence-corrected chi connectivity index (χ3v) is 6.25. The lowest BCUT2D eigenvalue weighted by Gasteiger charge is -2.38. The van der Waals surface area contributed by atoms with Gasteiger partial charge in [-0.2, -0.15) is 0 Å². The van der Waals surface area contributed by atoms with Gasteiger partial charge < -0.3 is 4.90 Å². The maximum Gasteiger partial charge on any atom is 0.137 e. The standard InChI is InChI=1S/C17H26BrNOS/c1-17(2,3)13-5-6-16(20)12(7-13)9-19(4)10-15-8-14(18)11-21-15/h8,11-13H,5-7,9-10H2,1-4H3. The molecule has 2 nitrogen and oxygen atoms in total. The molecule has 0 spiro atoms. The number of ketones is 1. The smallest absolute Gasteiger partial charge is 0.137 e. The van der Waals surface area contributed by atoms with Gasteiger partial charge in [0.25, 0.3) is 0 Å². The lowest BCUT2D eigenvalue weighted by atomic mass is 9.68.